The second-order valence-corrected chi connectivity index (χ2v) is 6.73. The van der Waals surface area contributed by atoms with Crippen LogP contribution in [0.5, 0.6) is 0 Å². The van der Waals surface area contributed by atoms with E-state index in [1.54, 1.807) is 4.90 Å². The van der Waals surface area contributed by atoms with Crippen molar-refractivity contribution in [2.45, 2.75) is 46.1 Å². The largest absolute Gasteiger partial charge is 0.455 e. The average Bonchev–Trinajstić information content (AvgIpc) is 3.27. The van der Waals surface area contributed by atoms with E-state index in [0.717, 1.165) is 12.1 Å². The normalized spacial score (nSPS) is 17.2. The van der Waals surface area contributed by atoms with E-state index < -0.39 is 11.9 Å². The van der Waals surface area contributed by atoms with Gasteiger partial charge in [-0.1, -0.05) is 38.1 Å². The van der Waals surface area contributed by atoms with E-state index >= 15 is 0 Å². The lowest BCUT2D eigenvalue weighted by Gasteiger charge is -2.16. The molecule has 0 bridgehead atoms. The summed E-state index contributed by atoms with van der Waals surface area (Å²) in [5, 5.41) is 3.83. The molecule has 7 nitrogen and oxygen atoms in total. The molecule has 1 unspecified atom stereocenters. The van der Waals surface area contributed by atoms with Crippen molar-refractivity contribution in [1.82, 2.24) is 10.1 Å². The van der Waals surface area contributed by atoms with Crippen LogP contribution in [-0.4, -0.2) is 28.6 Å². The molecule has 7 heteroatoms. The number of rotatable bonds is 6. The maximum Gasteiger partial charge on any atom is 0.311 e. The van der Waals surface area contributed by atoms with E-state index in [-0.39, 0.29) is 30.7 Å². The van der Waals surface area contributed by atoms with Crippen LogP contribution in [0.3, 0.4) is 0 Å². The zero-order valence-corrected chi connectivity index (χ0v) is 15.3. The summed E-state index contributed by atoms with van der Waals surface area (Å²) in [5.41, 5.74) is 2.01. The summed E-state index contributed by atoms with van der Waals surface area (Å²) in [6, 6.07) is 7.82. The topological polar surface area (TPSA) is 85.5 Å². The Kier molecular flexibility index (Phi) is 5.35. The van der Waals surface area contributed by atoms with Gasteiger partial charge < -0.3 is 14.2 Å². The Hall–Kier alpha value is -2.70. The smallest absolute Gasteiger partial charge is 0.311 e. The highest BCUT2D eigenvalue weighted by molar-refractivity contribution is 5.99. The quantitative estimate of drug-likeness (QED) is 0.739. The first kappa shape index (κ1) is 18.1. The molecule has 0 spiro atoms. The summed E-state index contributed by atoms with van der Waals surface area (Å²) in [6.07, 6.45) is 1.09. The van der Waals surface area contributed by atoms with Crippen molar-refractivity contribution >= 4 is 17.6 Å². The van der Waals surface area contributed by atoms with Crippen molar-refractivity contribution in [1.29, 1.82) is 0 Å². The SMILES string of the molecule is CCc1ccc(N2CC(C(=O)OCc3nc(C(C)C)no3)CC2=O)cc1. The fraction of sp³-hybridized carbons (Fsp3) is 0.474. The van der Waals surface area contributed by atoms with E-state index in [2.05, 4.69) is 17.1 Å². The Morgan fingerprint density at radius 1 is 1.35 bits per heavy atom. The predicted molar refractivity (Wildman–Crippen MR) is 94.5 cm³/mol. The molecule has 1 aliphatic rings. The van der Waals surface area contributed by atoms with E-state index in [1.165, 1.54) is 5.56 Å². The molecule has 0 radical (unpaired) electrons. The first-order valence-electron chi connectivity index (χ1n) is 8.86. The number of carbonyl (C=O) groups excluding carboxylic acids is 2. The maximum atomic E-state index is 12.3. The number of aromatic nitrogens is 2. The number of hydrogen-bond donors (Lipinski definition) is 0. The van der Waals surface area contributed by atoms with Crippen molar-refractivity contribution < 1.29 is 18.8 Å². The Morgan fingerprint density at radius 3 is 2.69 bits per heavy atom. The zero-order chi connectivity index (χ0) is 18.7. The third-order valence-electron chi connectivity index (χ3n) is 4.45. The minimum Gasteiger partial charge on any atom is -0.455 e. The fourth-order valence-electron chi connectivity index (χ4n) is 2.84. The van der Waals surface area contributed by atoms with Gasteiger partial charge in [-0.2, -0.15) is 4.98 Å². The van der Waals surface area contributed by atoms with E-state index in [0.29, 0.717) is 12.4 Å². The Bertz CT molecular complexity index is 782. The number of carbonyl (C=O) groups is 2. The number of nitrogens with zero attached hydrogens (tertiary/aromatic N) is 3. The zero-order valence-electron chi connectivity index (χ0n) is 15.3. The van der Waals surface area contributed by atoms with E-state index in [9.17, 15) is 9.59 Å². The van der Waals surface area contributed by atoms with Crippen molar-refractivity contribution in [3.05, 3.63) is 41.5 Å². The molecule has 0 N–H and O–H groups in total. The summed E-state index contributed by atoms with van der Waals surface area (Å²) in [4.78, 5) is 30.4. The molecule has 0 saturated carbocycles. The number of benzene rings is 1. The van der Waals surface area contributed by atoms with Gasteiger partial charge in [-0.25, -0.2) is 0 Å². The predicted octanol–water partition coefficient (Wildman–Crippen LogP) is 2.85. The van der Waals surface area contributed by atoms with Gasteiger partial charge in [0.25, 0.3) is 5.89 Å². The van der Waals surface area contributed by atoms with Crippen molar-refractivity contribution in [2.24, 2.45) is 5.92 Å². The third kappa shape index (κ3) is 3.92. The molecule has 1 aromatic carbocycles. The van der Waals surface area contributed by atoms with Crippen LogP contribution in [0.4, 0.5) is 5.69 Å². The number of amides is 1. The molecule has 1 amide bonds. The van der Waals surface area contributed by atoms with Crippen LogP contribution >= 0.6 is 0 Å². The van der Waals surface area contributed by atoms with Crippen LogP contribution in [0, 0.1) is 5.92 Å². The van der Waals surface area contributed by atoms with Crippen molar-refractivity contribution in [3.63, 3.8) is 0 Å². The van der Waals surface area contributed by atoms with Gasteiger partial charge in [0, 0.05) is 24.6 Å². The third-order valence-corrected chi connectivity index (χ3v) is 4.45. The second-order valence-electron chi connectivity index (χ2n) is 6.73. The van der Waals surface area contributed by atoms with Gasteiger partial charge in [0.2, 0.25) is 5.91 Å². The summed E-state index contributed by atoms with van der Waals surface area (Å²) in [6.45, 7) is 6.23. The van der Waals surface area contributed by atoms with Crippen LogP contribution in [0.25, 0.3) is 0 Å². The van der Waals surface area contributed by atoms with Gasteiger partial charge in [0.1, 0.15) is 0 Å². The molecule has 1 fully saturated rings. The summed E-state index contributed by atoms with van der Waals surface area (Å²) < 4.78 is 10.3. The van der Waals surface area contributed by atoms with Gasteiger partial charge >= 0.3 is 5.97 Å². The Labute approximate surface area is 152 Å². The minimum atomic E-state index is -0.485. The lowest BCUT2D eigenvalue weighted by atomic mass is 10.1. The Morgan fingerprint density at radius 2 is 2.08 bits per heavy atom. The van der Waals surface area contributed by atoms with Gasteiger partial charge in [-0.3, -0.25) is 9.59 Å². The van der Waals surface area contributed by atoms with Gasteiger partial charge in [-0.15, -0.1) is 0 Å². The molecule has 2 heterocycles. The minimum absolute atomic E-state index is 0.0731. The fourth-order valence-corrected chi connectivity index (χ4v) is 2.84. The van der Waals surface area contributed by atoms with Gasteiger partial charge in [0.15, 0.2) is 12.4 Å². The molecule has 1 atom stereocenters. The molecule has 3 rings (SSSR count). The number of esters is 1. The molecule has 2 aromatic rings. The van der Waals surface area contributed by atoms with Crippen molar-refractivity contribution in [3.8, 4) is 0 Å². The van der Waals surface area contributed by atoms with Crippen LogP contribution < -0.4 is 4.90 Å². The standard InChI is InChI=1S/C19H23N3O4/c1-4-13-5-7-15(8-6-13)22-10-14(9-17(22)23)19(24)25-11-16-20-18(12(2)3)21-26-16/h5-8,12,14H,4,9-11H2,1-3H3. The molecule has 1 aliphatic heterocycles. The average molecular weight is 357 g/mol. The Balaban J connectivity index is 1.57. The first-order chi connectivity index (χ1) is 12.5. The molecule has 1 aromatic heterocycles. The molecule has 138 valence electrons. The van der Waals surface area contributed by atoms with E-state index in [1.807, 2.05) is 38.1 Å². The number of anilines is 1. The number of aryl methyl sites for hydroxylation is 1. The molecule has 1 saturated heterocycles. The van der Waals surface area contributed by atoms with Gasteiger partial charge in [0.05, 0.1) is 5.92 Å². The van der Waals surface area contributed by atoms with E-state index in [4.69, 9.17) is 9.26 Å². The highest BCUT2D eigenvalue weighted by Crippen LogP contribution is 2.26. The molecule has 26 heavy (non-hydrogen) atoms. The summed E-state index contributed by atoms with van der Waals surface area (Å²) in [7, 11) is 0. The molecule has 0 aliphatic carbocycles. The lowest BCUT2D eigenvalue weighted by molar-refractivity contribution is -0.150. The van der Waals surface area contributed by atoms with Crippen molar-refractivity contribution in [2.75, 3.05) is 11.4 Å². The first-order valence-corrected chi connectivity index (χ1v) is 8.86. The van der Waals surface area contributed by atoms with Crippen LogP contribution in [-0.2, 0) is 27.4 Å². The molecular weight excluding hydrogens is 334 g/mol. The lowest BCUT2D eigenvalue weighted by Crippen LogP contribution is -2.26. The molecular formula is C19H23N3O4. The van der Waals surface area contributed by atoms with Gasteiger partial charge in [-0.05, 0) is 24.1 Å². The highest BCUT2D eigenvalue weighted by Gasteiger charge is 2.36. The van der Waals surface area contributed by atoms with Crippen LogP contribution in [0.15, 0.2) is 28.8 Å². The highest BCUT2D eigenvalue weighted by atomic mass is 16.6. The van der Waals surface area contributed by atoms with Crippen LogP contribution in [0.2, 0.25) is 0 Å². The summed E-state index contributed by atoms with van der Waals surface area (Å²) >= 11 is 0. The number of ether oxygens (including phenoxy) is 1. The second kappa shape index (κ2) is 7.68. The number of hydrogen-bond acceptors (Lipinski definition) is 6. The maximum absolute atomic E-state index is 12.3. The van der Waals surface area contributed by atoms with Crippen LogP contribution in [0.1, 0.15) is 50.4 Å². The summed E-state index contributed by atoms with van der Waals surface area (Å²) in [5.74, 6) is 0.00254. The monoisotopic (exact) mass is 357 g/mol.